The number of likely N-dealkylation sites (tertiary alicyclic amines) is 1. The van der Waals surface area contributed by atoms with E-state index < -0.39 is 0 Å². The monoisotopic (exact) mass is 310 g/mol. The second kappa shape index (κ2) is 7.57. The molecule has 0 aliphatic carbocycles. The van der Waals surface area contributed by atoms with E-state index >= 15 is 0 Å². The molecular formula is C16H23ClN2O2. The van der Waals surface area contributed by atoms with Gasteiger partial charge in [-0.1, -0.05) is 24.3 Å². The second-order valence-electron chi connectivity index (χ2n) is 5.66. The molecule has 1 heterocycles. The minimum atomic E-state index is 0. The average molecular weight is 311 g/mol. The Morgan fingerprint density at radius 2 is 1.90 bits per heavy atom. The zero-order valence-corrected chi connectivity index (χ0v) is 13.4. The number of carbonyl (C=O) groups excluding carboxylic acids is 2. The maximum absolute atomic E-state index is 12.3. The van der Waals surface area contributed by atoms with Gasteiger partial charge in [-0.2, -0.15) is 0 Å². The van der Waals surface area contributed by atoms with Gasteiger partial charge in [0.2, 0.25) is 5.91 Å². The van der Waals surface area contributed by atoms with Gasteiger partial charge in [0, 0.05) is 18.2 Å². The van der Waals surface area contributed by atoms with Crippen LogP contribution in [-0.2, 0) is 11.2 Å². The Labute approximate surface area is 132 Å². The highest BCUT2D eigenvalue weighted by Crippen LogP contribution is 2.23. The average Bonchev–Trinajstić information content (AvgIpc) is 2.80. The lowest BCUT2D eigenvalue weighted by atomic mass is 10.1. The van der Waals surface area contributed by atoms with Gasteiger partial charge in [-0.05, 0) is 38.3 Å². The number of halogens is 1. The first-order valence-corrected chi connectivity index (χ1v) is 7.10. The summed E-state index contributed by atoms with van der Waals surface area (Å²) in [5, 5.41) is 0. The summed E-state index contributed by atoms with van der Waals surface area (Å²) in [7, 11) is 0. The predicted molar refractivity (Wildman–Crippen MR) is 85.7 cm³/mol. The minimum Gasteiger partial charge on any atom is -0.339 e. The van der Waals surface area contributed by atoms with Crippen LogP contribution in [0.5, 0.6) is 0 Å². The van der Waals surface area contributed by atoms with E-state index in [9.17, 15) is 9.59 Å². The quantitative estimate of drug-likeness (QED) is 0.866. The molecule has 0 radical (unpaired) electrons. The van der Waals surface area contributed by atoms with Crippen molar-refractivity contribution in [3.05, 3.63) is 35.4 Å². The number of hydrogen-bond acceptors (Lipinski definition) is 3. The van der Waals surface area contributed by atoms with Gasteiger partial charge in [-0.15, -0.1) is 12.4 Å². The van der Waals surface area contributed by atoms with Crippen LogP contribution in [0.25, 0.3) is 0 Å². The van der Waals surface area contributed by atoms with Crippen LogP contribution in [0.1, 0.15) is 36.2 Å². The van der Waals surface area contributed by atoms with Crippen molar-refractivity contribution in [2.75, 3.05) is 13.1 Å². The lowest BCUT2D eigenvalue weighted by Crippen LogP contribution is -2.35. The van der Waals surface area contributed by atoms with Crippen LogP contribution >= 0.6 is 12.4 Å². The Hall–Kier alpha value is -1.39. The fourth-order valence-corrected chi connectivity index (χ4v) is 2.79. The summed E-state index contributed by atoms with van der Waals surface area (Å²) in [6.07, 6.45) is 1.38. The molecule has 2 atom stereocenters. The number of nitrogens with two attached hydrogens (primary N) is 1. The van der Waals surface area contributed by atoms with Gasteiger partial charge in [0.25, 0.3) is 0 Å². The molecule has 0 bridgehead atoms. The number of ketones is 1. The smallest absolute Gasteiger partial charge is 0.227 e. The van der Waals surface area contributed by atoms with Gasteiger partial charge < -0.3 is 10.6 Å². The third kappa shape index (κ3) is 4.29. The molecule has 0 spiro atoms. The van der Waals surface area contributed by atoms with Gasteiger partial charge in [0.15, 0.2) is 5.78 Å². The molecule has 1 amide bonds. The van der Waals surface area contributed by atoms with Crippen LogP contribution < -0.4 is 5.73 Å². The maximum Gasteiger partial charge on any atom is 0.227 e. The van der Waals surface area contributed by atoms with Gasteiger partial charge in [0.05, 0.1) is 6.42 Å². The molecule has 21 heavy (non-hydrogen) atoms. The molecular weight excluding hydrogens is 288 g/mol. The van der Waals surface area contributed by atoms with Gasteiger partial charge >= 0.3 is 0 Å². The second-order valence-corrected chi connectivity index (χ2v) is 5.66. The van der Waals surface area contributed by atoms with Crippen LogP contribution in [0, 0.1) is 5.92 Å². The van der Waals surface area contributed by atoms with Crippen LogP contribution in [0.2, 0.25) is 0 Å². The summed E-state index contributed by atoms with van der Waals surface area (Å²) < 4.78 is 0. The summed E-state index contributed by atoms with van der Waals surface area (Å²) >= 11 is 0. The van der Waals surface area contributed by atoms with Crippen LogP contribution in [0.15, 0.2) is 24.3 Å². The molecule has 0 saturated carbocycles. The van der Waals surface area contributed by atoms with Gasteiger partial charge in [0.1, 0.15) is 0 Å². The number of Topliss-reactive ketones (excluding diaryl/α,β-unsaturated/α-hetero) is 1. The highest BCUT2D eigenvalue weighted by Gasteiger charge is 2.31. The molecule has 5 heteroatoms. The summed E-state index contributed by atoms with van der Waals surface area (Å²) in [5.41, 5.74) is 7.31. The third-order valence-corrected chi connectivity index (χ3v) is 4.03. The fraction of sp³-hybridized carbons (Fsp3) is 0.500. The van der Waals surface area contributed by atoms with E-state index in [2.05, 4.69) is 6.92 Å². The van der Waals surface area contributed by atoms with E-state index in [0.717, 1.165) is 18.5 Å². The molecule has 1 aromatic carbocycles. The van der Waals surface area contributed by atoms with Crippen LogP contribution in [0.4, 0.5) is 0 Å². The van der Waals surface area contributed by atoms with Crippen molar-refractivity contribution in [2.24, 2.45) is 11.7 Å². The summed E-state index contributed by atoms with van der Waals surface area (Å²) in [6, 6.07) is 7.54. The van der Waals surface area contributed by atoms with E-state index in [1.807, 2.05) is 17.0 Å². The van der Waals surface area contributed by atoms with Crippen molar-refractivity contribution in [3.8, 4) is 0 Å². The first-order chi connectivity index (χ1) is 9.51. The largest absolute Gasteiger partial charge is 0.339 e. The Balaban J connectivity index is 0.00000220. The van der Waals surface area contributed by atoms with Crippen LogP contribution in [-0.4, -0.2) is 35.7 Å². The number of amides is 1. The molecule has 1 fully saturated rings. The molecule has 1 aliphatic heterocycles. The van der Waals surface area contributed by atoms with Crippen molar-refractivity contribution < 1.29 is 9.59 Å². The number of carbonyl (C=O) groups is 2. The summed E-state index contributed by atoms with van der Waals surface area (Å²) in [6.45, 7) is 5.02. The number of benzene rings is 1. The highest BCUT2D eigenvalue weighted by molar-refractivity contribution is 5.94. The molecule has 0 aromatic heterocycles. The lowest BCUT2D eigenvalue weighted by Gasteiger charge is -2.21. The van der Waals surface area contributed by atoms with Crippen molar-refractivity contribution in [1.29, 1.82) is 0 Å². The first kappa shape index (κ1) is 17.7. The van der Waals surface area contributed by atoms with E-state index in [1.54, 1.807) is 19.1 Å². The molecule has 4 nitrogen and oxygen atoms in total. The predicted octanol–water partition coefficient (Wildman–Crippen LogP) is 2.05. The first-order valence-electron chi connectivity index (χ1n) is 7.10. The Morgan fingerprint density at radius 1 is 1.29 bits per heavy atom. The molecule has 2 unspecified atom stereocenters. The Morgan fingerprint density at radius 3 is 2.38 bits per heavy atom. The van der Waals surface area contributed by atoms with Crippen LogP contribution in [0.3, 0.4) is 0 Å². The maximum atomic E-state index is 12.3. The van der Waals surface area contributed by atoms with Crippen molar-refractivity contribution >= 4 is 24.1 Å². The van der Waals surface area contributed by atoms with Gasteiger partial charge in [-0.25, -0.2) is 0 Å². The molecule has 1 saturated heterocycles. The summed E-state index contributed by atoms with van der Waals surface area (Å²) in [4.78, 5) is 25.5. The third-order valence-electron chi connectivity index (χ3n) is 4.03. The molecule has 116 valence electrons. The SMILES string of the molecule is CC(=O)c1ccc(CC(=O)N2CC(CN)CC2C)cc1.Cl. The zero-order chi connectivity index (χ0) is 14.7. The highest BCUT2D eigenvalue weighted by atomic mass is 35.5. The Bertz CT molecular complexity index is 502. The topological polar surface area (TPSA) is 63.4 Å². The van der Waals surface area contributed by atoms with E-state index in [4.69, 9.17) is 5.73 Å². The number of hydrogen-bond donors (Lipinski definition) is 1. The van der Waals surface area contributed by atoms with E-state index in [0.29, 0.717) is 24.4 Å². The number of rotatable bonds is 4. The standard InChI is InChI=1S/C16H22N2O2.ClH/c1-11-7-14(9-17)10-18(11)16(20)8-13-3-5-15(6-4-13)12(2)19;/h3-6,11,14H,7-10,17H2,1-2H3;1H. The van der Waals surface area contributed by atoms with E-state index in [-0.39, 0.29) is 30.1 Å². The summed E-state index contributed by atoms with van der Waals surface area (Å²) in [5.74, 6) is 0.611. The Kier molecular flexibility index (Phi) is 6.37. The van der Waals surface area contributed by atoms with Crippen molar-refractivity contribution in [2.45, 2.75) is 32.7 Å². The minimum absolute atomic E-state index is 0. The normalized spacial score (nSPS) is 21.0. The molecule has 2 rings (SSSR count). The molecule has 1 aliphatic rings. The van der Waals surface area contributed by atoms with Gasteiger partial charge in [-0.3, -0.25) is 9.59 Å². The fourth-order valence-electron chi connectivity index (χ4n) is 2.79. The van der Waals surface area contributed by atoms with Crippen molar-refractivity contribution in [1.82, 2.24) is 4.90 Å². The number of nitrogens with zero attached hydrogens (tertiary/aromatic N) is 1. The van der Waals surface area contributed by atoms with Crippen molar-refractivity contribution in [3.63, 3.8) is 0 Å². The molecule has 1 aromatic rings. The molecule has 2 N–H and O–H groups in total. The lowest BCUT2D eigenvalue weighted by molar-refractivity contribution is -0.131. The zero-order valence-electron chi connectivity index (χ0n) is 12.5. The van der Waals surface area contributed by atoms with E-state index in [1.165, 1.54) is 0 Å².